The van der Waals surface area contributed by atoms with E-state index in [0.29, 0.717) is 0 Å². The highest BCUT2D eigenvalue weighted by atomic mass is 35.5. The van der Waals surface area contributed by atoms with Crippen molar-refractivity contribution in [1.29, 1.82) is 0 Å². The molecule has 0 unspecified atom stereocenters. The third-order valence-electron chi connectivity index (χ3n) is 2.37. The maximum absolute atomic E-state index is 6.11. The van der Waals surface area contributed by atoms with Gasteiger partial charge in [-0.25, -0.2) is 0 Å². The van der Waals surface area contributed by atoms with Crippen LogP contribution in [0.2, 0.25) is 5.02 Å². The van der Waals surface area contributed by atoms with Crippen LogP contribution in [0.15, 0.2) is 12.1 Å². The summed E-state index contributed by atoms with van der Waals surface area (Å²) in [6.07, 6.45) is 0. The first kappa shape index (κ1) is 8.85. The fourth-order valence-corrected chi connectivity index (χ4v) is 1.87. The first-order valence-corrected chi connectivity index (χ1v) is 4.89. The minimum Gasteiger partial charge on any atom is -0.383 e. The summed E-state index contributed by atoms with van der Waals surface area (Å²) >= 11 is 6.11. The number of hydrogen-bond donors (Lipinski definition) is 2. The van der Waals surface area contributed by atoms with Crippen molar-refractivity contribution < 1.29 is 0 Å². The van der Waals surface area contributed by atoms with Gasteiger partial charge in [0.05, 0.1) is 0 Å². The molecule has 70 valence electrons. The van der Waals surface area contributed by atoms with Crippen LogP contribution in [-0.2, 0) is 6.54 Å². The average molecular weight is 197 g/mol. The second kappa shape index (κ2) is 3.56. The van der Waals surface area contributed by atoms with Gasteiger partial charge in [0.1, 0.15) is 0 Å². The number of halogens is 1. The molecule has 0 saturated carbocycles. The van der Waals surface area contributed by atoms with Gasteiger partial charge >= 0.3 is 0 Å². The number of aryl methyl sites for hydroxylation is 1. The third kappa shape index (κ3) is 1.64. The monoisotopic (exact) mass is 196 g/mol. The van der Waals surface area contributed by atoms with E-state index in [0.717, 1.165) is 24.7 Å². The summed E-state index contributed by atoms with van der Waals surface area (Å²) in [7, 11) is 0. The molecule has 2 rings (SSSR count). The molecule has 1 aliphatic heterocycles. The summed E-state index contributed by atoms with van der Waals surface area (Å²) in [5, 5.41) is 7.56. The third-order valence-corrected chi connectivity index (χ3v) is 2.72. The van der Waals surface area contributed by atoms with Gasteiger partial charge in [-0.1, -0.05) is 17.7 Å². The largest absolute Gasteiger partial charge is 0.383 e. The van der Waals surface area contributed by atoms with Gasteiger partial charge in [0.2, 0.25) is 0 Å². The minimum absolute atomic E-state index is 0.850. The lowest BCUT2D eigenvalue weighted by Gasteiger charge is -2.11. The van der Waals surface area contributed by atoms with E-state index >= 15 is 0 Å². The standard InChI is InChI=1S/C10H13ClN2/c1-7-2-3-9(11)8-6-12-4-5-13-10(7)8/h2-3,12-13H,4-6H2,1H3. The van der Waals surface area contributed by atoms with Crippen molar-refractivity contribution in [3.05, 3.63) is 28.3 Å². The molecule has 0 aliphatic carbocycles. The highest BCUT2D eigenvalue weighted by Crippen LogP contribution is 2.28. The molecule has 0 fully saturated rings. The van der Waals surface area contributed by atoms with Crippen LogP contribution in [0.5, 0.6) is 0 Å². The van der Waals surface area contributed by atoms with Crippen LogP contribution >= 0.6 is 11.6 Å². The number of hydrogen-bond acceptors (Lipinski definition) is 2. The van der Waals surface area contributed by atoms with Crippen LogP contribution in [0.25, 0.3) is 0 Å². The van der Waals surface area contributed by atoms with Crippen molar-refractivity contribution in [2.24, 2.45) is 0 Å². The molecule has 0 radical (unpaired) electrons. The Labute approximate surface area is 83.3 Å². The highest BCUT2D eigenvalue weighted by Gasteiger charge is 2.11. The normalized spacial score (nSPS) is 15.8. The van der Waals surface area contributed by atoms with Gasteiger partial charge < -0.3 is 10.6 Å². The van der Waals surface area contributed by atoms with Crippen LogP contribution in [0, 0.1) is 6.92 Å². The molecule has 2 N–H and O–H groups in total. The zero-order valence-corrected chi connectivity index (χ0v) is 8.41. The van der Waals surface area contributed by atoms with Crippen LogP contribution in [0.4, 0.5) is 5.69 Å². The van der Waals surface area contributed by atoms with Crippen LogP contribution in [0.3, 0.4) is 0 Å². The number of benzene rings is 1. The van der Waals surface area contributed by atoms with Gasteiger partial charge in [-0.2, -0.15) is 0 Å². The highest BCUT2D eigenvalue weighted by molar-refractivity contribution is 6.31. The molecule has 0 saturated heterocycles. The van der Waals surface area contributed by atoms with E-state index in [1.165, 1.54) is 16.8 Å². The molecule has 1 aliphatic rings. The second-order valence-corrected chi connectivity index (χ2v) is 3.73. The van der Waals surface area contributed by atoms with Crippen molar-refractivity contribution in [2.75, 3.05) is 18.4 Å². The minimum atomic E-state index is 0.850. The Morgan fingerprint density at radius 2 is 2.15 bits per heavy atom. The van der Waals surface area contributed by atoms with Crippen LogP contribution in [-0.4, -0.2) is 13.1 Å². The Morgan fingerprint density at radius 1 is 1.31 bits per heavy atom. The molecule has 1 aromatic rings. The molecule has 13 heavy (non-hydrogen) atoms. The van der Waals surface area contributed by atoms with Crippen molar-refractivity contribution in [3.8, 4) is 0 Å². The van der Waals surface area contributed by atoms with Gasteiger partial charge in [0.15, 0.2) is 0 Å². The maximum Gasteiger partial charge on any atom is 0.0471 e. The van der Waals surface area contributed by atoms with E-state index in [1.807, 2.05) is 6.07 Å². The SMILES string of the molecule is Cc1ccc(Cl)c2c1NCCNC2. The first-order valence-electron chi connectivity index (χ1n) is 4.51. The summed E-state index contributed by atoms with van der Waals surface area (Å²) in [5.41, 5.74) is 3.67. The molecule has 2 nitrogen and oxygen atoms in total. The summed E-state index contributed by atoms with van der Waals surface area (Å²) in [6, 6.07) is 4.02. The number of fused-ring (bicyclic) bond motifs is 1. The van der Waals surface area contributed by atoms with E-state index in [2.05, 4.69) is 23.6 Å². The predicted molar refractivity (Wildman–Crippen MR) is 56.4 cm³/mol. The fraction of sp³-hybridized carbons (Fsp3) is 0.400. The Morgan fingerprint density at radius 3 is 3.00 bits per heavy atom. The molecule has 1 heterocycles. The van der Waals surface area contributed by atoms with Gasteiger partial charge in [-0.15, -0.1) is 0 Å². The zero-order valence-electron chi connectivity index (χ0n) is 7.65. The van der Waals surface area contributed by atoms with E-state index in [9.17, 15) is 0 Å². The Hall–Kier alpha value is -0.730. The topological polar surface area (TPSA) is 24.1 Å². The molecular weight excluding hydrogens is 184 g/mol. The molecule has 1 aromatic carbocycles. The number of rotatable bonds is 0. The first-order chi connectivity index (χ1) is 6.29. The smallest absolute Gasteiger partial charge is 0.0471 e. The Bertz CT molecular complexity index is 292. The van der Waals surface area contributed by atoms with E-state index < -0.39 is 0 Å². The van der Waals surface area contributed by atoms with Crippen molar-refractivity contribution in [3.63, 3.8) is 0 Å². The number of nitrogens with one attached hydrogen (secondary N) is 2. The van der Waals surface area contributed by atoms with Crippen molar-refractivity contribution in [1.82, 2.24) is 5.32 Å². The second-order valence-electron chi connectivity index (χ2n) is 3.32. The van der Waals surface area contributed by atoms with Gasteiger partial charge in [-0.3, -0.25) is 0 Å². The molecule has 0 atom stereocenters. The van der Waals surface area contributed by atoms with Crippen molar-refractivity contribution in [2.45, 2.75) is 13.5 Å². The van der Waals surface area contributed by atoms with Gasteiger partial charge in [-0.05, 0) is 18.6 Å². The summed E-state index contributed by atoms with van der Waals surface area (Å²) < 4.78 is 0. The van der Waals surface area contributed by atoms with Crippen LogP contribution < -0.4 is 10.6 Å². The molecular formula is C10H13ClN2. The molecule has 0 spiro atoms. The van der Waals surface area contributed by atoms with E-state index in [1.54, 1.807) is 0 Å². The number of anilines is 1. The Kier molecular flexibility index (Phi) is 2.42. The van der Waals surface area contributed by atoms with E-state index in [-0.39, 0.29) is 0 Å². The Balaban J connectivity index is 2.50. The van der Waals surface area contributed by atoms with Gasteiger partial charge in [0.25, 0.3) is 0 Å². The quantitative estimate of drug-likeness (QED) is 0.665. The molecule has 3 heteroatoms. The zero-order chi connectivity index (χ0) is 9.26. The molecule has 0 bridgehead atoms. The average Bonchev–Trinajstić information content (AvgIpc) is 2.37. The van der Waals surface area contributed by atoms with Crippen molar-refractivity contribution >= 4 is 17.3 Å². The predicted octanol–water partition coefficient (Wildman–Crippen LogP) is 2.16. The lowest BCUT2D eigenvalue weighted by Crippen LogP contribution is -2.17. The van der Waals surface area contributed by atoms with Crippen LogP contribution in [0.1, 0.15) is 11.1 Å². The maximum atomic E-state index is 6.11. The summed E-state index contributed by atoms with van der Waals surface area (Å²) in [5.74, 6) is 0. The van der Waals surface area contributed by atoms with Gasteiger partial charge in [0, 0.05) is 35.9 Å². The lowest BCUT2D eigenvalue weighted by molar-refractivity contribution is 0.725. The summed E-state index contributed by atoms with van der Waals surface area (Å²) in [4.78, 5) is 0. The summed E-state index contributed by atoms with van der Waals surface area (Å²) in [6.45, 7) is 4.93. The fourth-order valence-electron chi connectivity index (χ4n) is 1.65. The molecule has 0 aromatic heterocycles. The lowest BCUT2D eigenvalue weighted by atomic mass is 10.1. The van der Waals surface area contributed by atoms with E-state index in [4.69, 9.17) is 11.6 Å². The molecule has 0 amide bonds.